The smallest absolute Gasteiger partial charge is 0.167 e. The standard InChI is InChI=1S/C26H25NO2/c1-27-17-22(25(28)20-13-7-3-8-14-20)24(19-11-5-2-6-12-19)23(18-27)26(29)21-15-9-4-10-16-21/h2-16,22-24H,17-18H2,1H3. The molecular formula is C26H25NO2. The molecule has 3 heteroatoms. The predicted molar refractivity (Wildman–Crippen MR) is 115 cm³/mol. The lowest BCUT2D eigenvalue weighted by Crippen LogP contribution is -2.48. The van der Waals surface area contributed by atoms with Gasteiger partial charge in [-0.2, -0.15) is 0 Å². The van der Waals surface area contributed by atoms with Gasteiger partial charge in [-0.15, -0.1) is 0 Å². The maximum absolute atomic E-state index is 13.5. The molecule has 29 heavy (non-hydrogen) atoms. The minimum Gasteiger partial charge on any atom is -0.305 e. The Labute approximate surface area is 172 Å². The van der Waals surface area contributed by atoms with Gasteiger partial charge in [0.2, 0.25) is 0 Å². The van der Waals surface area contributed by atoms with Gasteiger partial charge >= 0.3 is 0 Å². The molecule has 2 atom stereocenters. The highest BCUT2D eigenvalue weighted by molar-refractivity contribution is 6.02. The van der Waals surface area contributed by atoms with Crippen LogP contribution in [0.25, 0.3) is 0 Å². The van der Waals surface area contributed by atoms with Crippen molar-refractivity contribution in [2.75, 3.05) is 20.1 Å². The van der Waals surface area contributed by atoms with Crippen LogP contribution in [-0.2, 0) is 0 Å². The third kappa shape index (κ3) is 4.06. The van der Waals surface area contributed by atoms with Crippen molar-refractivity contribution in [3.05, 3.63) is 108 Å². The van der Waals surface area contributed by atoms with Gasteiger partial charge in [-0.3, -0.25) is 9.59 Å². The molecule has 3 nitrogen and oxygen atoms in total. The van der Waals surface area contributed by atoms with Gasteiger partial charge in [0.25, 0.3) is 0 Å². The maximum atomic E-state index is 13.5. The fourth-order valence-corrected chi connectivity index (χ4v) is 4.52. The number of carbonyl (C=O) groups excluding carboxylic acids is 2. The van der Waals surface area contributed by atoms with Crippen LogP contribution >= 0.6 is 0 Å². The molecule has 0 saturated carbocycles. The topological polar surface area (TPSA) is 37.4 Å². The molecule has 1 heterocycles. The van der Waals surface area contributed by atoms with E-state index in [9.17, 15) is 9.59 Å². The first kappa shape index (κ1) is 19.3. The van der Waals surface area contributed by atoms with Gasteiger partial charge in [-0.05, 0) is 12.6 Å². The highest BCUT2D eigenvalue weighted by atomic mass is 16.1. The second-order valence-corrected chi connectivity index (χ2v) is 7.83. The van der Waals surface area contributed by atoms with Crippen molar-refractivity contribution in [3.8, 4) is 0 Å². The number of nitrogens with zero attached hydrogens (tertiary/aromatic N) is 1. The Morgan fingerprint density at radius 3 is 1.45 bits per heavy atom. The molecule has 0 N–H and O–H groups in total. The molecule has 0 bridgehead atoms. The number of hydrogen-bond donors (Lipinski definition) is 0. The number of benzene rings is 3. The van der Waals surface area contributed by atoms with Crippen molar-refractivity contribution in [1.29, 1.82) is 0 Å². The lowest BCUT2D eigenvalue weighted by Gasteiger charge is -2.41. The molecule has 0 aromatic heterocycles. The molecule has 1 aliphatic heterocycles. The third-order valence-electron chi connectivity index (χ3n) is 5.86. The lowest BCUT2D eigenvalue weighted by atomic mass is 9.69. The monoisotopic (exact) mass is 383 g/mol. The van der Waals surface area contributed by atoms with Gasteiger partial charge in [0, 0.05) is 42.0 Å². The normalized spacial score (nSPS) is 22.2. The largest absolute Gasteiger partial charge is 0.305 e. The molecule has 0 radical (unpaired) electrons. The minimum absolute atomic E-state index is 0.108. The first-order valence-corrected chi connectivity index (χ1v) is 10.1. The van der Waals surface area contributed by atoms with Crippen LogP contribution in [0.5, 0.6) is 0 Å². The van der Waals surface area contributed by atoms with E-state index >= 15 is 0 Å². The van der Waals surface area contributed by atoms with Crippen molar-refractivity contribution in [1.82, 2.24) is 4.90 Å². The summed E-state index contributed by atoms with van der Waals surface area (Å²) in [5.74, 6) is -0.464. The summed E-state index contributed by atoms with van der Waals surface area (Å²) >= 11 is 0. The quantitative estimate of drug-likeness (QED) is 0.599. The van der Waals surface area contributed by atoms with Crippen molar-refractivity contribution in [3.63, 3.8) is 0 Å². The molecule has 0 spiro atoms. The number of piperidine rings is 1. The van der Waals surface area contributed by atoms with E-state index in [1.807, 2.05) is 98.0 Å². The molecule has 146 valence electrons. The summed E-state index contributed by atoms with van der Waals surface area (Å²) in [4.78, 5) is 29.1. The number of ketones is 2. The summed E-state index contributed by atoms with van der Waals surface area (Å²) in [5, 5.41) is 0. The van der Waals surface area contributed by atoms with Crippen LogP contribution in [0.15, 0.2) is 91.0 Å². The van der Waals surface area contributed by atoms with Gasteiger partial charge in [0.15, 0.2) is 11.6 Å². The van der Waals surface area contributed by atoms with E-state index in [2.05, 4.69) is 4.90 Å². The van der Waals surface area contributed by atoms with Crippen LogP contribution in [0.3, 0.4) is 0 Å². The van der Waals surface area contributed by atoms with Gasteiger partial charge in [-0.25, -0.2) is 0 Å². The highest BCUT2D eigenvalue weighted by Gasteiger charge is 2.43. The average molecular weight is 383 g/mol. The van der Waals surface area contributed by atoms with Crippen LogP contribution < -0.4 is 0 Å². The molecule has 0 aliphatic carbocycles. The van der Waals surface area contributed by atoms with Crippen molar-refractivity contribution in [2.45, 2.75) is 5.92 Å². The second kappa shape index (κ2) is 8.54. The summed E-state index contributed by atoms with van der Waals surface area (Å²) in [5.41, 5.74) is 2.48. The first-order chi connectivity index (χ1) is 14.1. The van der Waals surface area contributed by atoms with E-state index < -0.39 is 0 Å². The van der Waals surface area contributed by atoms with Gasteiger partial charge in [0.05, 0.1) is 0 Å². The number of likely N-dealkylation sites (tertiary alicyclic amines) is 1. The van der Waals surface area contributed by atoms with E-state index in [0.29, 0.717) is 24.2 Å². The maximum Gasteiger partial charge on any atom is 0.167 e. The summed E-state index contributed by atoms with van der Waals surface area (Å²) in [7, 11) is 2.00. The zero-order valence-corrected chi connectivity index (χ0v) is 16.6. The summed E-state index contributed by atoms with van der Waals surface area (Å²) in [6.07, 6.45) is 0. The molecule has 1 saturated heterocycles. The molecule has 0 amide bonds. The Balaban J connectivity index is 1.77. The summed E-state index contributed by atoms with van der Waals surface area (Å²) in [6.45, 7) is 1.29. The number of Topliss-reactive ketones (excluding diaryl/α,β-unsaturated/α-hetero) is 2. The van der Waals surface area contributed by atoms with Crippen molar-refractivity contribution in [2.24, 2.45) is 11.8 Å². The third-order valence-corrected chi connectivity index (χ3v) is 5.86. The fraction of sp³-hybridized carbons (Fsp3) is 0.231. The zero-order chi connectivity index (χ0) is 20.2. The molecule has 2 unspecified atom stereocenters. The minimum atomic E-state index is -0.267. The van der Waals surface area contributed by atoms with Gasteiger partial charge in [0.1, 0.15) is 0 Å². The molecular weight excluding hydrogens is 358 g/mol. The van der Waals surface area contributed by atoms with Crippen LogP contribution in [-0.4, -0.2) is 36.6 Å². The Morgan fingerprint density at radius 2 is 1.03 bits per heavy atom. The van der Waals surface area contributed by atoms with Gasteiger partial charge < -0.3 is 4.90 Å². The Kier molecular flexibility index (Phi) is 5.68. The lowest BCUT2D eigenvalue weighted by molar-refractivity contribution is 0.0624. The van der Waals surface area contributed by atoms with Crippen molar-refractivity contribution >= 4 is 11.6 Å². The van der Waals surface area contributed by atoms with E-state index in [4.69, 9.17) is 0 Å². The molecule has 3 aromatic carbocycles. The predicted octanol–water partition coefficient (Wildman–Crippen LogP) is 4.71. The van der Waals surface area contributed by atoms with E-state index in [1.165, 1.54) is 0 Å². The van der Waals surface area contributed by atoms with E-state index in [0.717, 1.165) is 5.56 Å². The second-order valence-electron chi connectivity index (χ2n) is 7.83. The Bertz CT molecular complexity index is 908. The number of hydrogen-bond acceptors (Lipinski definition) is 3. The Hall–Kier alpha value is -3.04. The summed E-state index contributed by atoms with van der Waals surface area (Å²) < 4.78 is 0. The van der Waals surface area contributed by atoms with Crippen LogP contribution in [0, 0.1) is 11.8 Å². The highest BCUT2D eigenvalue weighted by Crippen LogP contribution is 2.40. The molecule has 3 aromatic rings. The van der Waals surface area contributed by atoms with Crippen LogP contribution in [0.4, 0.5) is 0 Å². The molecule has 1 fully saturated rings. The van der Waals surface area contributed by atoms with Crippen LogP contribution in [0.2, 0.25) is 0 Å². The van der Waals surface area contributed by atoms with Gasteiger partial charge in [-0.1, -0.05) is 91.0 Å². The van der Waals surface area contributed by atoms with Crippen LogP contribution in [0.1, 0.15) is 32.2 Å². The zero-order valence-electron chi connectivity index (χ0n) is 16.6. The summed E-state index contributed by atoms with van der Waals surface area (Å²) in [6, 6.07) is 28.9. The average Bonchev–Trinajstić information content (AvgIpc) is 2.79. The SMILES string of the molecule is CN1CC(C(=O)c2ccccc2)C(c2ccccc2)C(C(=O)c2ccccc2)C1. The number of rotatable bonds is 5. The number of carbonyl (C=O) groups is 2. The fourth-order valence-electron chi connectivity index (χ4n) is 4.52. The van der Waals surface area contributed by atoms with Crippen molar-refractivity contribution < 1.29 is 9.59 Å². The Morgan fingerprint density at radius 1 is 0.655 bits per heavy atom. The molecule has 4 rings (SSSR count). The van der Waals surface area contributed by atoms with E-state index in [-0.39, 0.29) is 29.3 Å². The van der Waals surface area contributed by atoms with E-state index in [1.54, 1.807) is 0 Å². The molecule has 1 aliphatic rings. The first-order valence-electron chi connectivity index (χ1n) is 10.1.